The smallest absolute Gasteiger partial charge is 0.271 e. The molecule has 1 saturated heterocycles. The van der Waals surface area contributed by atoms with Crippen molar-refractivity contribution in [1.29, 1.82) is 0 Å². The Hall–Kier alpha value is -1.20. The summed E-state index contributed by atoms with van der Waals surface area (Å²) in [6, 6.07) is 0.369. The Balaban J connectivity index is 1.93. The lowest BCUT2D eigenvalue weighted by molar-refractivity contribution is 0.0922. The zero-order valence-electron chi connectivity index (χ0n) is 12.0. The molecular weight excluding hydrogens is 276 g/mol. The number of hydrogen-bond donors (Lipinski definition) is 1. The molecule has 2 rings (SSSR count). The number of hydrogen-bond acceptors (Lipinski definition) is 4. The third-order valence-corrected chi connectivity index (χ3v) is 3.87. The Labute approximate surface area is 124 Å². The second-order valence-electron chi connectivity index (χ2n) is 5.49. The van der Waals surface area contributed by atoms with Crippen molar-refractivity contribution in [2.75, 3.05) is 19.6 Å². The number of carbonyl (C=O) groups is 1. The Bertz CT molecular complexity index is 460. The minimum Gasteiger partial charge on any atom is -0.349 e. The predicted molar refractivity (Wildman–Crippen MR) is 78.8 cm³/mol. The van der Waals surface area contributed by atoms with Gasteiger partial charge in [0.2, 0.25) is 0 Å². The van der Waals surface area contributed by atoms with Gasteiger partial charge >= 0.3 is 0 Å². The van der Waals surface area contributed by atoms with E-state index in [0.29, 0.717) is 18.5 Å². The molecular formula is C14H21ClN4O. The molecule has 0 spiro atoms. The van der Waals surface area contributed by atoms with Gasteiger partial charge < -0.3 is 5.32 Å². The van der Waals surface area contributed by atoms with Crippen molar-refractivity contribution in [3.63, 3.8) is 0 Å². The molecule has 20 heavy (non-hydrogen) atoms. The fourth-order valence-electron chi connectivity index (χ4n) is 2.60. The van der Waals surface area contributed by atoms with Crippen molar-refractivity contribution in [3.8, 4) is 0 Å². The monoisotopic (exact) mass is 296 g/mol. The first kappa shape index (κ1) is 15.2. The SMILES string of the molecule is CC(C)C(CNC(=O)c1cncc(Cl)n1)N1CCCC1. The zero-order chi connectivity index (χ0) is 14.5. The van der Waals surface area contributed by atoms with Gasteiger partial charge in [0.25, 0.3) is 5.91 Å². The fourth-order valence-corrected chi connectivity index (χ4v) is 2.75. The first-order chi connectivity index (χ1) is 9.58. The summed E-state index contributed by atoms with van der Waals surface area (Å²) in [7, 11) is 0. The van der Waals surface area contributed by atoms with Crippen molar-refractivity contribution in [3.05, 3.63) is 23.2 Å². The maximum Gasteiger partial charge on any atom is 0.271 e. The van der Waals surface area contributed by atoms with E-state index in [-0.39, 0.29) is 16.8 Å². The molecule has 1 N–H and O–H groups in total. The Morgan fingerprint density at radius 3 is 2.70 bits per heavy atom. The largest absolute Gasteiger partial charge is 0.349 e. The topological polar surface area (TPSA) is 58.1 Å². The Morgan fingerprint density at radius 2 is 2.10 bits per heavy atom. The summed E-state index contributed by atoms with van der Waals surface area (Å²) in [5, 5.41) is 3.18. The number of halogens is 1. The molecule has 5 nitrogen and oxygen atoms in total. The van der Waals surface area contributed by atoms with E-state index in [1.165, 1.54) is 25.2 Å². The molecule has 0 radical (unpaired) electrons. The van der Waals surface area contributed by atoms with Gasteiger partial charge in [0.15, 0.2) is 0 Å². The van der Waals surface area contributed by atoms with E-state index >= 15 is 0 Å². The number of rotatable bonds is 5. The van der Waals surface area contributed by atoms with Gasteiger partial charge in [-0.25, -0.2) is 4.98 Å². The summed E-state index contributed by atoms with van der Waals surface area (Å²) in [4.78, 5) is 22.4. The summed E-state index contributed by atoms with van der Waals surface area (Å²) in [5.74, 6) is 0.281. The molecule has 2 heterocycles. The highest BCUT2D eigenvalue weighted by molar-refractivity contribution is 6.29. The van der Waals surface area contributed by atoms with Crippen molar-refractivity contribution >= 4 is 17.5 Å². The fraction of sp³-hybridized carbons (Fsp3) is 0.643. The van der Waals surface area contributed by atoms with Gasteiger partial charge in [-0.1, -0.05) is 25.4 Å². The van der Waals surface area contributed by atoms with Crippen LogP contribution in [-0.4, -0.2) is 46.5 Å². The second kappa shape index (κ2) is 6.99. The van der Waals surface area contributed by atoms with Crippen LogP contribution in [-0.2, 0) is 0 Å². The van der Waals surface area contributed by atoms with Crippen LogP contribution >= 0.6 is 11.6 Å². The molecule has 0 aliphatic carbocycles. The van der Waals surface area contributed by atoms with Crippen LogP contribution in [0.3, 0.4) is 0 Å². The third kappa shape index (κ3) is 3.90. The normalized spacial score (nSPS) is 17.4. The van der Waals surface area contributed by atoms with Crippen molar-refractivity contribution < 1.29 is 4.79 Å². The number of nitrogens with one attached hydrogen (secondary N) is 1. The number of aromatic nitrogens is 2. The van der Waals surface area contributed by atoms with Crippen molar-refractivity contribution in [2.45, 2.75) is 32.7 Å². The van der Waals surface area contributed by atoms with Crippen LogP contribution in [0.2, 0.25) is 5.15 Å². The minimum atomic E-state index is -0.218. The minimum absolute atomic E-state index is 0.218. The van der Waals surface area contributed by atoms with Gasteiger partial charge in [0.1, 0.15) is 10.8 Å². The molecule has 1 aliphatic rings. The first-order valence-corrected chi connectivity index (χ1v) is 7.45. The summed E-state index contributed by atoms with van der Waals surface area (Å²) < 4.78 is 0. The van der Waals surface area contributed by atoms with E-state index in [9.17, 15) is 4.79 Å². The second-order valence-corrected chi connectivity index (χ2v) is 5.88. The van der Waals surface area contributed by atoms with Crippen LogP contribution in [0.1, 0.15) is 37.2 Å². The molecule has 1 amide bonds. The zero-order valence-corrected chi connectivity index (χ0v) is 12.7. The average molecular weight is 297 g/mol. The van der Waals surface area contributed by atoms with E-state index in [0.717, 1.165) is 13.1 Å². The Kier molecular flexibility index (Phi) is 5.31. The average Bonchev–Trinajstić information content (AvgIpc) is 2.92. The van der Waals surface area contributed by atoms with Crippen LogP contribution in [0.25, 0.3) is 0 Å². The van der Waals surface area contributed by atoms with Crippen LogP contribution in [0.4, 0.5) is 0 Å². The third-order valence-electron chi connectivity index (χ3n) is 3.69. The van der Waals surface area contributed by atoms with Gasteiger partial charge in [-0.3, -0.25) is 14.7 Å². The number of nitrogens with zero attached hydrogens (tertiary/aromatic N) is 3. The Morgan fingerprint density at radius 1 is 1.40 bits per heavy atom. The lowest BCUT2D eigenvalue weighted by atomic mass is 10.0. The van der Waals surface area contributed by atoms with E-state index in [1.54, 1.807) is 0 Å². The molecule has 1 fully saturated rings. The van der Waals surface area contributed by atoms with Crippen molar-refractivity contribution in [2.24, 2.45) is 5.92 Å². The quantitative estimate of drug-likeness (QED) is 0.903. The maximum atomic E-state index is 12.0. The predicted octanol–water partition coefficient (Wildman–Crippen LogP) is 1.98. The van der Waals surface area contributed by atoms with Gasteiger partial charge in [0.05, 0.1) is 12.4 Å². The lowest BCUT2D eigenvalue weighted by Gasteiger charge is -2.30. The van der Waals surface area contributed by atoms with Gasteiger partial charge in [0, 0.05) is 12.6 Å². The molecule has 110 valence electrons. The molecule has 0 bridgehead atoms. The molecule has 1 aromatic heterocycles. The molecule has 0 saturated carbocycles. The van der Waals surface area contributed by atoms with Crippen LogP contribution in [0.5, 0.6) is 0 Å². The number of amides is 1. The summed E-state index contributed by atoms with van der Waals surface area (Å²) in [6.07, 6.45) is 5.34. The molecule has 1 aliphatic heterocycles. The molecule has 6 heteroatoms. The van der Waals surface area contributed by atoms with Crippen LogP contribution in [0.15, 0.2) is 12.4 Å². The maximum absolute atomic E-state index is 12.0. The molecule has 1 atom stereocenters. The number of likely N-dealkylation sites (tertiary alicyclic amines) is 1. The van der Waals surface area contributed by atoms with E-state index < -0.39 is 0 Å². The summed E-state index contributed by atoms with van der Waals surface area (Å²) >= 11 is 5.74. The summed E-state index contributed by atoms with van der Waals surface area (Å²) in [6.45, 7) is 7.25. The highest BCUT2D eigenvalue weighted by Gasteiger charge is 2.25. The van der Waals surface area contributed by atoms with E-state index in [2.05, 4.69) is 34.0 Å². The highest BCUT2D eigenvalue weighted by Crippen LogP contribution is 2.17. The standard InChI is InChI=1S/C14H21ClN4O/c1-10(2)12(19-5-3-4-6-19)8-17-14(20)11-7-16-9-13(15)18-11/h7,9-10,12H,3-6,8H2,1-2H3,(H,17,20). The van der Waals surface area contributed by atoms with E-state index in [4.69, 9.17) is 11.6 Å². The molecule has 1 unspecified atom stereocenters. The molecule has 0 aromatic carbocycles. The van der Waals surface area contributed by atoms with Crippen molar-refractivity contribution in [1.82, 2.24) is 20.2 Å². The van der Waals surface area contributed by atoms with Crippen LogP contribution in [0, 0.1) is 5.92 Å². The van der Waals surface area contributed by atoms with E-state index in [1.807, 2.05) is 0 Å². The number of carbonyl (C=O) groups excluding carboxylic acids is 1. The molecule has 1 aromatic rings. The van der Waals surface area contributed by atoms with Gasteiger partial charge in [-0.05, 0) is 31.8 Å². The van der Waals surface area contributed by atoms with Crippen LogP contribution < -0.4 is 5.32 Å². The first-order valence-electron chi connectivity index (χ1n) is 7.07. The lowest BCUT2D eigenvalue weighted by Crippen LogP contribution is -2.45. The van der Waals surface area contributed by atoms with Gasteiger partial charge in [-0.2, -0.15) is 0 Å². The highest BCUT2D eigenvalue weighted by atomic mass is 35.5. The van der Waals surface area contributed by atoms with Gasteiger partial charge in [-0.15, -0.1) is 0 Å². The summed E-state index contributed by atoms with van der Waals surface area (Å²) in [5.41, 5.74) is 0.265.